The first-order valence-electron chi connectivity index (χ1n) is 9.89. The van der Waals surface area contributed by atoms with Gasteiger partial charge in [-0.25, -0.2) is 9.97 Å². The zero-order valence-electron chi connectivity index (χ0n) is 16.4. The molecule has 1 aliphatic heterocycles. The summed E-state index contributed by atoms with van der Waals surface area (Å²) in [7, 11) is 0. The summed E-state index contributed by atoms with van der Waals surface area (Å²) in [5, 5.41) is 3.13. The highest BCUT2D eigenvalue weighted by molar-refractivity contribution is 7.13. The number of benzene rings is 2. The second kappa shape index (κ2) is 7.76. The molecule has 5 rings (SSSR count). The van der Waals surface area contributed by atoms with Gasteiger partial charge in [0.25, 0.3) is 0 Å². The highest BCUT2D eigenvalue weighted by Gasteiger charge is 2.21. The summed E-state index contributed by atoms with van der Waals surface area (Å²) in [6.45, 7) is 3.48. The number of rotatable bonds is 4. The quantitative estimate of drug-likeness (QED) is 0.549. The first kappa shape index (κ1) is 18.6. The fourth-order valence-corrected chi connectivity index (χ4v) is 4.49. The van der Waals surface area contributed by atoms with Crippen molar-refractivity contribution in [1.82, 2.24) is 9.97 Å². The van der Waals surface area contributed by atoms with Crippen molar-refractivity contribution in [1.29, 1.82) is 0 Å². The lowest BCUT2D eigenvalue weighted by Gasteiger charge is -2.37. The summed E-state index contributed by atoms with van der Waals surface area (Å²) in [6, 6.07) is 19.8. The van der Waals surface area contributed by atoms with Crippen LogP contribution in [0.25, 0.3) is 21.6 Å². The van der Waals surface area contributed by atoms with Crippen molar-refractivity contribution >= 4 is 39.7 Å². The number of carbonyl (C=O) groups is 1. The largest absolute Gasteiger partial charge is 0.368 e. The summed E-state index contributed by atoms with van der Waals surface area (Å²) in [5.74, 6) is 1.37. The molecule has 2 aromatic carbocycles. The lowest BCUT2D eigenvalue weighted by molar-refractivity contribution is 0.100. The summed E-state index contributed by atoms with van der Waals surface area (Å²) < 4.78 is 0. The van der Waals surface area contributed by atoms with Crippen LogP contribution in [0.2, 0.25) is 0 Å². The highest BCUT2D eigenvalue weighted by Crippen LogP contribution is 2.30. The molecular formula is C23H21N5OS. The molecule has 1 saturated heterocycles. The van der Waals surface area contributed by atoms with Gasteiger partial charge in [0.05, 0.1) is 10.4 Å². The van der Waals surface area contributed by atoms with Crippen LogP contribution in [0.3, 0.4) is 0 Å². The first-order valence-corrected chi connectivity index (χ1v) is 10.8. The average Bonchev–Trinajstić information content (AvgIpc) is 3.34. The van der Waals surface area contributed by atoms with Crippen molar-refractivity contribution in [3.8, 4) is 10.7 Å². The number of aromatic nitrogens is 2. The average molecular weight is 416 g/mol. The summed E-state index contributed by atoms with van der Waals surface area (Å²) >= 11 is 1.66. The van der Waals surface area contributed by atoms with Gasteiger partial charge in [-0.3, -0.25) is 4.79 Å². The van der Waals surface area contributed by atoms with Gasteiger partial charge < -0.3 is 15.5 Å². The number of hydrogen-bond acceptors (Lipinski definition) is 6. The smallest absolute Gasteiger partial charge is 0.248 e. The maximum atomic E-state index is 11.3. The zero-order chi connectivity index (χ0) is 20.5. The Morgan fingerprint density at radius 1 is 0.867 bits per heavy atom. The van der Waals surface area contributed by atoms with Crippen LogP contribution in [0.5, 0.6) is 0 Å². The van der Waals surface area contributed by atoms with Gasteiger partial charge in [-0.05, 0) is 47.8 Å². The molecule has 1 aliphatic rings. The molecule has 0 bridgehead atoms. The number of primary amides is 1. The molecule has 0 radical (unpaired) electrons. The van der Waals surface area contributed by atoms with Crippen LogP contribution in [0.1, 0.15) is 10.4 Å². The molecule has 0 saturated carbocycles. The Morgan fingerprint density at radius 3 is 2.30 bits per heavy atom. The molecule has 0 spiro atoms. The Kier molecular flexibility index (Phi) is 4.80. The van der Waals surface area contributed by atoms with Crippen molar-refractivity contribution in [2.45, 2.75) is 0 Å². The normalized spacial score (nSPS) is 14.3. The van der Waals surface area contributed by atoms with Crippen LogP contribution in [0.15, 0.2) is 66.0 Å². The van der Waals surface area contributed by atoms with E-state index in [0.717, 1.165) is 59.3 Å². The maximum absolute atomic E-state index is 11.3. The fraction of sp³-hybridized carbons (Fsp3) is 0.174. The molecule has 1 amide bonds. The molecule has 6 nitrogen and oxygen atoms in total. The van der Waals surface area contributed by atoms with Gasteiger partial charge in [-0.1, -0.05) is 18.2 Å². The van der Waals surface area contributed by atoms with E-state index >= 15 is 0 Å². The summed E-state index contributed by atoms with van der Waals surface area (Å²) in [6.07, 6.45) is 0. The van der Waals surface area contributed by atoms with Crippen LogP contribution < -0.4 is 15.5 Å². The van der Waals surface area contributed by atoms with E-state index in [1.807, 2.05) is 36.4 Å². The van der Waals surface area contributed by atoms with Crippen LogP contribution in [0, 0.1) is 0 Å². The van der Waals surface area contributed by atoms with Crippen molar-refractivity contribution in [2.24, 2.45) is 5.73 Å². The van der Waals surface area contributed by atoms with E-state index in [1.165, 1.54) is 0 Å². The molecule has 2 N–H and O–H groups in total. The van der Waals surface area contributed by atoms with E-state index < -0.39 is 5.91 Å². The monoisotopic (exact) mass is 415 g/mol. The molecule has 30 heavy (non-hydrogen) atoms. The number of carbonyl (C=O) groups excluding carboxylic acids is 1. The molecule has 3 heterocycles. The number of para-hydroxylation sites is 1. The van der Waals surface area contributed by atoms with E-state index in [1.54, 1.807) is 23.5 Å². The minimum Gasteiger partial charge on any atom is -0.368 e. The van der Waals surface area contributed by atoms with Crippen LogP contribution in [0.4, 0.5) is 11.5 Å². The predicted octanol–water partition coefficient (Wildman–Crippen LogP) is 3.78. The Bertz CT molecular complexity index is 1180. The lowest BCUT2D eigenvalue weighted by Crippen LogP contribution is -2.47. The van der Waals surface area contributed by atoms with Crippen LogP contribution in [-0.4, -0.2) is 42.1 Å². The molecule has 1 fully saturated rings. The van der Waals surface area contributed by atoms with Gasteiger partial charge in [0.15, 0.2) is 5.82 Å². The lowest BCUT2D eigenvalue weighted by atomic mass is 10.1. The first-order chi connectivity index (χ1) is 14.7. The van der Waals surface area contributed by atoms with Gasteiger partial charge in [0, 0.05) is 42.8 Å². The summed E-state index contributed by atoms with van der Waals surface area (Å²) in [5.41, 5.74) is 7.95. The van der Waals surface area contributed by atoms with Gasteiger partial charge in [0.1, 0.15) is 5.82 Å². The van der Waals surface area contributed by atoms with Gasteiger partial charge in [-0.2, -0.15) is 0 Å². The molecular weight excluding hydrogens is 394 g/mol. The molecule has 0 atom stereocenters. The van der Waals surface area contributed by atoms with E-state index in [9.17, 15) is 4.79 Å². The second-order valence-electron chi connectivity index (χ2n) is 7.25. The predicted molar refractivity (Wildman–Crippen MR) is 122 cm³/mol. The van der Waals surface area contributed by atoms with E-state index in [2.05, 4.69) is 27.3 Å². The van der Waals surface area contributed by atoms with Gasteiger partial charge in [0.2, 0.25) is 5.91 Å². The van der Waals surface area contributed by atoms with E-state index in [0.29, 0.717) is 5.56 Å². The number of anilines is 2. The third kappa shape index (κ3) is 3.48. The number of amides is 1. The van der Waals surface area contributed by atoms with Crippen LogP contribution >= 0.6 is 11.3 Å². The molecule has 0 unspecified atom stereocenters. The van der Waals surface area contributed by atoms with E-state index in [4.69, 9.17) is 15.7 Å². The van der Waals surface area contributed by atoms with Gasteiger partial charge in [-0.15, -0.1) is 11.3 Å². The molecule has 150 valence electrons. The minimum absolute atomic E-state index is 0.399. The fourth-order valence-electron chi connectivity index (χ4n) is 3.83. The Labute approximate surface area is 178 Å². The maximum Gasteiger partial charge on any atom is 0.248 e. The minimum atomic E-state index is -0.399. The molecule has 0 aliphatic carbocycles. The summed E-state index contributed by atoms with van der Waals surface area (Å²) in [4.78, 5) is 26.8. The Hall–Kier alpha value is -3.45. The Morgan fingerprint density at radius 2 is 1.60 bits per heavy atom. The number of nitrogens with two attached hydrogens (primary N) is 1. The molecule has 4 aromatic rings. The third-order valence-corrected chi connectivity index (χ3v) is 6.29. The van der Waals surface area contributed by atoms with Crippen molar-refractivity contribution in [2.75, 3.05) is 36.0 Å². The number of fused-ring (bicyclic) bond motifs is 1. The van der Waals surface area contributed by atoms with Crippen molar-refractivity contribution in [3.63, 3.8) is 0 Å². The zero-order valence-corrected chi connectivity index (χ0v) is 17.2. The number of hydrogen-bond donors (Lipinski definition) is 1. The van der Waals surface area contributed by atoms with Crippen LogP contribution in [-0.2, 0) is 0 Å². The SMILES string of the molecule is NC(=O)c1ccc(N2CCN(c3nc(-c4cccs4)nc4ccccc34)CC2)cc1. The van der Waals surface area contributed by atoms with Crippen molar-refractivity contribution < 1.29 is 4.79 Å². The Balaban J connectivity index is 1.41. The highest BCUT2D eigenvalue weighted by atomic mass is 32.1. The standard InChI is InChI=1S/C23H21N5OS/c24-21(29)16-7-9-17(10-8-16)27-11-13-28(14-12-27)23-18-4-1-2-5-19(18)25-22(26-23)20-6-3-15-30-20/h1-10,15H,11-14H2,(H2,24,29). The molecule has 7 heteroatoms. The van der Waals surface area contributed by atoms with Crippen molar-refractivity contribution in [3.05, 3.63) is 71.6 Å². The third-order valence-electron chi connectivity index (χ3n) is 5.42. The number of piperazine rings is 1. The van der Waals surface area contributed by atoms with Gasteiger partial charge >= 0.3 is 0 Å². The van der Waals surface area contributed by atoms with E-state index in [-0.39, 0.29) is 0 Å². The second-order valence-corrected chi connectivity index (χ2v) is 8.20. The number of thiophene rings is 1. The topological polar surface area (TPSA) is 75.4 Å². The molecule has 2 aromatic heterocycles. The number of nitrogens with zero attached hydrogens (tertiary/aromatic N) is 4.